The summed E-state index contributed by atoms with van der Waals surface area (Å²) in [6, 6.07) is 16.3. The van der Waals surface area contributed by atoms with Crippen molar-refractivity contribution >= 4 is 17.9 Å². The van der Waals surface area contributed by atoms with Gasteiger partial charge in [0.1, 0.15) is 6.04 Å². The first-order valence-electron chi connectivity index (χ1n) is 12.5. The topological polar surface area (TPSA) is 136 Å². The monoisotopic (exact) mass is 496 g/mol. The van der Waals surface area contributed by atoms with E-state index in [4.69, 9.17) is 5.73 Å². The molecule has 3 rings (SSSR count). The lowest BCUT2D eigenvalue weighted by Crippen LogP contribution is -2.54. The van der Waals surface area contributed by atoms with Crippen LogP contribution in [0.1, 0.15) is 41.6 Å². The van der Waals surface area contributed by atoms with Gasteiger partial charge in [-0.3, -0.25) is 4.79 Å². The fourth-order valence-corrected chi connectivity index (χ4v) is 4.49. The van der Waals surface area contributed by atoms with Gasteiger partial charge in [0.25, 0.3) is 5.91 Å². The second-order valence-electron chi connectivity index (χ2n) is 9.12. The lowest BCUT2D eigenvalue weighted by atomic mass is 10.00. The number of benzene rings is 2. The first-order valence-corrected chi connectivity index (χ1v) is 12.5. The molecule has 2 unspecified atom stereocenters. The molecule has 2 aromatic carbocycles. The van der Waals surface area contributed by atoms with Crippen molar-refractivity contribution in [1.29, 1.82) is 0 Å². The summed E-state index contributed by atoms with van der Waals surface area (Å²) in [4.78, 5) is 40.8. The number of urea groups is 1. The third-order valence-corrected chi connectivity index (χ3v) is 6.46. The number of amides is 3. The number of carbonyl (C=O) groups excluding carboxylic acids is 2. The molecule has 0 aromatic heterocycles. The van der Waals surface area contributed by atoms with Gasteiger partial charge in [-0.05, 0) is 56.3 Å². The molecule has 3 amide bonds. The van der Waals surface area contributed by atoms with Crippen molar-refractivity contribution in [1.82, 2.24) is 15.1 Å². The molecule has 5 N–H and O–H groups in total. The molecular weight excluding hydrogens is 460 g/mol. The average molecular weight is 497 g/mol. The van der Waals surface area contributed by atoms with Crippen LogP contribution in [0.15, 0.2) is 60.7 Å². The van der Waals surface area contributed by atoms with Gasteiger partial charge in [-0.25, -0.2) is 9.59 Å². The van der Waals surface area contributed by atoms with Crippen molar-refractivity contribution in [2.24, 2.45) is 5.73 Å². The Hall–Kier alpha value is -3.43. The van der Waals surface area contributed by atoms with Gasteiger partial charge in [0, 0.05) is 18.7 Å². The highest BCUT2D eigenvalue weighted by Gasteiger charge is 2.37. The Balaban J connectivity index is 1.79. The Morgan fingerprint density at radius 2 is 1.72 bits per heavy atom. The van der Waals surface area contributed by atoms with Gasteiger partial charge in [0.15, 0.2) is 0 Å². The molecule has 1 fully saturated rings. The minimum atomic E-state index is -1.08. The smallest absolute Gasteiger partial charge is 0.326 e. The van der Waals surface area contributed by atoms with Gasteiger partial charge < -0.3 is 31.1 Å². The molecule has 0 saturated carbocycles. The van der Waals surface area contributed by atoms with Crippen molar-refractivity contribution in [3.8, 4) is 0 Å². The first-order chi connectivity index (χ1) is 17.4. The van der Waals surface area contributed by atoms with E-state index in [0.717, 1.165) is 5.56 Å². The van der Waals surface area contributed by atoms with Crippen molar-refractivity contribution in [3.05, 3.63) is 71.8 Å². The van der Waals surface area contributed by atoms with Crippen LogP contribution in [0.2, 0.25) is 0 Å². The summed E-state index contributed by atoms with van der Waals surface area (Å²) in [5, 5.41) is 23.8. The summed E-state index contributed by atoms with van der Waals surface area (Å²) in [7, 11) is 0. The fraction of sp³-hybridized carbons (Fsp3) is 0.444. The number of nitrogens with one attached hydrogen (secondary N) is 1. The van der Waals surface area contributed by atoms with E-state index in [2.05, 4.69) is 5.32 Å². The maximum absolute atomic E-state index is 13.4. The molecule has 194 valence electrons. The Kier molecular flexibility index (Phi) is 10.3. The lowest BCUT2D eigenvalue weighted by molar-refractivity contribution is -0.141. The number of carboxylic acid groups (broad SMARTS) is 1. The number of rotatable bonds is 12. The first kappa shape index (κ1) is 27.2. The van der Waals surface area contributed by atoms with Gasteiger partial charge in [-0.1, -0.05) is 48.5 Å². The number of likely N-dealkylation sites (tertiary alicyclic amines) is 1. The number of carbonyl (C=O) groups is 3. The van der Waals surface area contributed by atoms with E-state index in [-0.39, 0.29) is 12.5 Å². The maximum Gasteiger partial charge on any atom is 0.326 e. The maximum atomic E-state index is 13.4. The second kappa shape index (κ2) is 13.6. The SMILES string of the molecule is NCCCCN(CC(O)C(Cc1ccccc1)NC(=O)c1ccccc1)C(=O)N1CCC[C@H]1C(=O)O. The number of aliphatic hydroxyl groups excluding tert-OH is 1. The normalized spacial score (nSPS) is 16.8. The Morgan fingerprint density at radius 3 is 2.36 bits per heavy atom. The predicted molar refractivity (Wildman–Crippen MR) is 136 cm³/mol. The minimum Gasteiger partial charge on any atom is -0.480 e. The zero-order valence-electron chi connectivity index (χ0n) is 20.5. The predicted octanol–water partition coefficient (Wildman–Crippen LogP) is 2.10. The van der Waals surface area contributed by atoms with E-state index < -0.39 is 30.2 Å². The largest absolute Gasteiger partial charge is 0.480 e. The summed E-state index contributed by atoms with van der Waals surface area (Å²) < 4.78 is 0. The highest BCUT2D eigenvalue weighted by molar-refractivity contribution is 5.94. The second-order valence-corrected chi connectivity index (χ2v) is 9.12. The summed E-state index contributed by atoms with van der Waals surface area (Å²) in [6.07, 6.45) is 1.63. The quantitative estimate of drug-likeness (QED) is 0.332. The number of aliphatic hydroxyl groups is 1. The van der Waals surface area contributed by atoms with Crippen LogP contribution in [0.5, 0.6) is 0 Å². The number of hydrogen-bond donors (Lipinski definition) is 4. The molecule has 1 heterocycles. The van der Waals surface area contributed by atoms with E-state index in [1.807, 2.05) is 36.4 Å². The summed E-state index contributed by atoms with van der Waals surface area (Å²) in [5.41, 5.74) is 7.04. The molecule has 36 heavy (non-hydrogen) atoms. The van der Waals surface area contributed by atoms with Gasteiger partial charge in [0.05, 0.1) is 18.7 Å². The zero-order valence-corrected chi connectivity index (χ0v) is 20.5. The Labute approximate surface area is 211 Å². The minimum absolute atomic E-state index is 0.0428. The zero-order chi connectivity index (χ0) is 25.9. The standard InChI is InChI=1S/C27H36N4O5/c28-15-7-8-16-30(27(36)31-17-9-14-23(31)26(34)35)19-24(32)22(18-20-10-3-1-4-11-20)29-25(33)21-12-5-2-6-13-21/h1-6,10-13,22-24,32H,7-9,14-19,28H2,(H,29,33)(H,34,35)/t22?,23-,24?/m0/s1. The molecule has 9 heteroatoms. The molecule has 0 radical (unpaired) electrons. The molecule has 1 aliphatic heterocycles. The van der Waals surface area contributed by atoms with Gasteiger partial charge in [0.2, 0.25) is 0 Å². The van der Waals surface area contributed by atoms with Crippen LogP contribution >= 0.6 is 0 Å². The number of carboxylic acids is 1. The number of nitrogens with zero attached hydrogens (tertiary/aromatic N) is 2. The number of nitrogens with two attached hydrogens (primary N) is 1. The highest BCUT2D eigenvalue weighted by atomic mass is 16.4. The van der Waals surface area contributed by atoms with Crippen molar-refractivity contribution in [2.75, 3.05) is 26.2 Å². The summed E-state index contributed by atoms with van der Waals surface area (Å²) in [5.74, 6) is -1.34. The van der Waals surface area contributed by atoms with Crippen LogP contribution in [-0.4, -0.2) is 82.3 Å². The van der Waals surface area contributed by atoms with Crippen LogP contribution < -0.4 is 11.1 Å². The summed E-state index contributed by atoms with van der Waals surface area (Å²) >= 11 is 0. The van der Waals surface area contributed by atoms with E-state index in [0.29, 0.717) is 57.3 Å². The molecule has 0 aliphatic carbocycles. The molecule has 1 aliphatic rings. The Morgan fingerprint density at radius 1 is 1.06 bits per heavy atom. The van der Waals surface area contributed by atoms with Crippen LogP contribution in [-0.2, 0) is 11.2 Å². The van der Waals surface area contributed by atoms with Crippen LogP contribution in [0.4, 0.5) is 4.79 Å². The fourth-order valence-electron chi connectivity index (χ4n) is 4.49. The average Bonchev–Trinajstić information content (AvgIpc) is 3.39. The third-order valence-electron chi connectivity index (χ3n) is 6.46. The van der Waals surface area contributed by atoms with Crippen LogP contribution in [0, 0.1) is 0 Å². The molecule has 0 spiro atoms. The van der Waals surface area contributed by atoms with Gasteiger partial charge >= 0.3 is 12.0 Å². The summed E-state index contributed by atoms with van der Waals surface area (Å²) in [6.45, 7) is 1.12. The van der Waals surface area contributed by atoms with Crippen LogP contribution in [0.3, 0.4) is 0 Å². The highest BCUT2D eigenvalue weighted by Crippen LogP contribution is 2.20. The number of aliphatic carboxylic acids is 1. The molecule has 0 bridgehead atoms. The number of unbranched alkanes of at least 4 members (excludes halogenated alkanes) is 1. The molecule has 2 aromatic rings. The number of hydrogen-bond acceptors (Lipinski definition) is 5. The van der Waals surface area contributed by atoms with Gasteiger partial charge in [-0.15, -0.1) is 0 Å². The Bertz CT molecular complexity index is 988. The van der Waals surface area contributed by atoms with Crippen molar-refractivity contribution in [3.63, 3.8) is 0 Å². The molecule has 1 saturated heterocycles. The van der Waals surface area contributed by atoms with Crippen molar-refractivity contribution < 1.29 is 24.6 Å². The van der Waals surface area contributed by atoms with Crippen LogP contribution in [0.25, 0.3) is 0 Å². The molecule has 3 atom stereocenters. The third kappa shape index (κ3) is 7.53. The van der Waals surface area contributed by atoms with E-state index in [9.17, 15) is 24.6 Å². The van der Waals surface area contributed by atoms with Gasteiger partial charge in [-0.2, -0.15) is 0 Å². The lowest BCUT2D eigenvalue weighted by Gasteiger charge is -2.34. The van der Waals surface area contributed by atoms with E-state index in [1.165, 1.54) is 9.80 Å². The van der Waals surface area contributed by atoms with Crippen molar-refractivity contribution in [2.45, 2.75) is 50.3 Å². The van der Waals surface area contributed by atoms with E-state index >= 15 is 0 Å². The van der Waals surface area contributed by atoms with E-state index in [1.54, 1.807) is 24.3 Å². The molecular formula is C27H36N4O5. The molecule has 9 nitrogen and oxygen atoms in total.